The Morgan fingerprint density at radius 1 is 0.373 bits per heavy atom. The molecule has 83 heavy (non-hydrogen) atoms. The van der Waals surface area contributed by atoms with Crippen LogP contribution in [0.25, 0.3) is 0 Å². The van der Waals surface area contributed by atoms with Crippen LogP contribution in [-0.4, -0.2) is 82.3 Å². The molecule has 0 fully saturated rings. The summed E-state index contributed by atoms with van der Waals surface area (Å²) in [5, 5.41) is 11.8. The van der Waals surface area contributed by atoms with Crippen LogP contribution in [0.5, 0.6) is 0 Å². The van der Waals surface area contributed by atoms with Crippen LogP contribution in [0.4, 0.5) is 0 Å². The molecule has 0 rings (SSSR count). The van der Waals surface area contributed by atoms with E-state index in [0.717, 1.165) is 77.0 Å². The van der Waals surface area contributed by atoms with Gasteiger partial charge in [-0.05, 0) is 89.9 Å². The molecule has 2 unspecified atom stereocenters. The first-order valence-electron chi connectivity index (χ1n) is 34.7. The van der Waals surface area contributed by atoms with Crippen molar-refractivity contribution < 1.29 is 42.9 Å². The Hall–Kier alpha value is -3.53. The van der Waals surface area contributed by atoms with Gasteiger partial charge in [-0.15, -0.1) is 0 Å². The maximum absolute atomic E-state index is 12.9. The number of rotatable bonds is 64. The highest BCUT2D eigenvalue weighted by molar-refractivity contribution is 5.70. The van der Waals surface area contributed by atoms with Gasteiger partial charge in [0.05, 0.1) is 40.3 Å². The number of carbonyl (C=O) groups excluding carboxylic acids is 3. The van der Waals surface area contributed by atoms with Gasteiger partial charge < -0.3 is 33.3 Å². The quantitative estimate of drug-likeness (QED) is 0.0195. The van der Waals surface area contributed by atoms with Crippen LogP contribution in [0, 0.1) is 0 Å². The number of carboxylic acids is 1. The molecule has 0 radical (unpaired) electrons. The van der Waals surface area contributed by atoms with Crippen LogP contribution >= 0.6 is 0 Å². The van der Waals surface area contributed by atoms with E-state index in [1.807, 2.05) is 21.1 Å². The van der Waals surface area contributed by atoms with E-state index < -0.39 is 24.3 Å². The molecule has 9 nitrogen and oxygen atoms in total. The Bertz CT molecular complexity index is 1640. The standard InChI is InChI=1S/C74H131NO8/c1-6-8-10-12-14-16-18-20-22-24-26-28-30-32-33-34-35-36-37-38-39-41-43-45-47-49-51-53-55-57-59-61-63-65-72(77)83-70(69-82-74(73(78)79)80-67-66-75(3,4)5)68-81-71(76)64-62-60-58-56-54-52-50-48-46-44-42-40-31-29-27-25-23-21-19-17-15-13-11-9-7-2/h8,10,14,16,20,22,25-28,32-33,35-36,70,74H,6-7,9,11-13,15,17-19,21,23-24,29-31,34,37-69H2,1-5H3/b10-8-,16-14-,22-20-,27-25-,28-26-,33-32-,36-35-. The molecule has 0 aliphatic heterocycles. The summed E-state index contributed by atoms with van der Waals surface area (Å²) in [6.45, 7) is 4.67. The minimum atomic E-state index is -1.62. The second kappa shape index (κ2) is 64.5. The topological polar surface area (TPSA) is 111 Å². The van der Waals surface area contributed by atoms with E-state index in [2.05, 4.69) is 98.9 Å². The van der Waals surface area contributed by atoms with E-state index >= 15 is 0 Å². The molecule has 2 atom stereocenters. The first-order valence-corrected chi connectivity index (χ1v) is 34.7. The molecule has 0 aromatic rings. The van der Waals surface area contributed by atoms with Gasteiger partial charge in [0.2, 0.25) is 0 Å². The minimum absolute atomic E-state index is 0.146. The number of esters is 2. The number of ether oxygens (including phenoxy) is 4. The SMILES string of the molecule is CC/C=C\C/C=C\C/C=C\C/C=C\C/C=C\C/C=C\CCCCCCCCCCCCCCCCC(=O)OC(COC(=O)CCCCCCCCCCCCCCC/C=C\CCCCCCCCCC)COC(OCC[N+](C)(C)C)C(=O)[O-]. The molecule has 0 saturated heterocycles. The van der Waals surface area contributed by atoms with Gasteiger partial charge in [0.15, 0.2) is 12.4 Å². The van der Waals surface area contributed by atoms with Gasteiger partial charge in [-0.25, -0.2) is 0 Å². The van der Waals surface area contributed by atoms with E-state index in [-0.39, 0.29) is 32.2 Å². The molecular formula is C74H131NO8. The van der Waals surface area contributed by atoms with Crippen molar-refractivity contribution in [2.45, 2.75) is 322 Å². The number of allylic oxidation sites excluding steroid dienone is 14. The van der Waals surface area contributed by atoms with Gasteiger partial charge >= 0.3 is 11.9 Å². The fourth-order valence-corrected chi connectivity index (χ4v) is 9.83. The summed E-state index contributed by atoms with van der Waals surface area (Å²) in [4.78, 5) is 37.5. The summed E-state index contributed by atoms with van der Waals surface area (Å²) in [5.74, 6) is -2.27. The third kappa shape index (κ3) is 65.9. The van der Waals surface area contributed by atoms with Crippen molar-refractivity contribution >= 4 is 17.9 Å². The van der Waals surface area contributed by atoms with Crippen molar-refractivity contribution in [3.63, 3.8) is 0 Å². The van der Waals surface area contributed by atoms with E-state index in [1.165, 1.54) is 199 Å². The predicted molar refractivity (Wildman–Crippen MR) is 352 cm³/mol. The Morgan fingerprint density at radius 2 is 0.687 bits per heavy atom. The lowest BCUT2D eigenvalue weighted by Gasteiger charge is -2.26. The van der Waals surface area contributed by atoms with Crippen LogP contribution < -0.4 is 5.11 Å². The van der Waals surface area contributed by atoms with E-state index in [0.29, 0.717) is 23.9 Å². The summed E-state index contributed by atoms with van der Waals surface area (Å²) in [6, 6.07) is 0. The average molecular weight is 1160 g/mol. The number of hydrogen-bond donors (Lipinski definition) is 0. The van der Waals surface area contributed by atoms with Crippen LogP contribution in [0.2, 0.25) is 0 Å². The molecular weight excluding hydrogens is 1030 g/mol. The van der Waals surface area contributed by atoms with E-state index in [4.69, 9.17) is 18.9 Å². The van der Waals surface area contributed by atoms with Crippen molar-refractivity contribution in [1.82, 2.24) is 0 Å². The average Bonchev–Trinajstić information content (AvgIpc) is 3.46. The lowest BCUT2D eigenvalue weighted by atomic mass is 10.0. The minimum Gasteiger partial charge on any atom is -0.545 e. The molecule has 0 spiro atoms. The van der Waals surface area contributed by atoms with Crippen molar-refractivity contribution in [3.8, 4) is 0 Å². The largest absolute Gasteiger partial charge is 0.545 e. The predicted octanol–water partition coefficient (Wildman–Crippen LogP) is 20.1. The fourth-order valence-electron chi connectivity index (χ4n) is 9.83. The summed E-state index contributed by atoms with van der Waals surface area (Å²) in [7, 11) is 5.93. The molecule has 0 aromatic carbocycles. The lowest BCUT2D eigenvalue weighted by Crippen LogP contribution is -2.44. The number of likely N-dealkylation sites (N-methyl/N-ethyl adjacent to an activating group) is 1. The highest BCUT2D eigenvalue weighted by atomic mass is 16.7. The molecule has 0 N–H and O–H groups in total. The highest BCUT2D eigenvalue weighted by Crippen LogP contribution is 2.17. The lowest BCUT2D eigenvalue weighted by molar-refractivity contribution is -0.870. The molecule has 0 saturated carbocycles. The van der Waals surface area contributed by atoms with Crippen molar-refractivity contribution in [2.24, 2.45) is 0 Å². The monoisotopic (exact) mass is 1160 g/mol. The van der Waals surface area contributed by atoms with Gasteiger partial charge in [-0.2, -0.15) is 0 Å². The van der Waals surface area contributed by atoms with Crippen LogP contribution in [0.15, 0.2) is 85.1 Å². The number of aliphatic carboxylic acids is 1. The summed E-state index contributed by atoms with van der Waals surface area (Å²) in [6.07, 6.45) is 83.7. The second-order valence-electron chi connectivity index (χ2n) is 24.4. The van der Waals surface area contributed by atoms with Crippen LogP contribution in [-0.2, 0) is 33.3 Å². The second-order valence-corrected chi connectivity index (χ2v) is 24.4. The van der Waals surface area contributed by atoms with Gasteiger partial charge in [0.25, 0.3) is 0 Å². The van der Waals surface area contributed by atoms with E-state index in [9.17, 15) is 19.5 Å². The number of carbonyl (C=O) groups is 3. The number of carboxylic acid groups (broad SMARTS) is 1. The zero-order valence-electron chi connectivity index (χ0n) is 54.8. The highest BCUT2D eigenvalue weighted by Gasteiger charge is 2.22. The Labute approximate surface area is 512 Å². The van der Waals surface area contributed by atoms with Gasteiger partial charge in [0.1, 0.15) is 13.2 Å². The maximum Gasteiger partial charge on any atom is 0.306 e. The van der Waals surface area contributed by atoms with Crippen LogP contribution in [0.1, 0.15) is 309 Å². The number of hydrogen-bond acceptors (Lipinski definition) is 8. The zero-order valence-corrected chi connectivity index (χ0v) is 54.8. The molecule has 9 heteroatoms. The molecule has 480 valence electrons. The van der Waals surface area contributed by atoms with E-state index in [1.54, 1.807) is 0 Å². The fraction of sp³-hybridized carbons (Fsp3) is 0.770. The molecule has 0 aliphatic rings. The maximum atomic E-state index is 12.9. The summed E-state index contributed by atoms with van der Waals surface area (Å²) < 4.78 is 22.8. The molecule has 0 amide bonds. The molecule has 0 aliphatic carbocycles. The van der Waals surface area contributed by atoms with Gasteiger partial charge in [0, 0.05) is 12.8 Å². The summed E-state index contributed by atoms with van der Waals surface area (Å²) >= 11 is 0. The Balaban J connectivity index is 4.12. The number of nitrogens with zero attached hydrogens (tertiary/aromatic N) is 1. The number of unbranched alkanes of at least 4 members (excludes halogenated alkanes) is 35. The first-order chi connectivity index (χ1) is 40.6. The number of quaternary nitrogens is 1. The smallest absolute Gasteiger partial charge is 0.306 e. The van der Waals surface area contributed by atoms with Gasteiger partial charge in [-0.3, -0.25) is 9.59 Å². The molecule has 0 bridgehead atoms. The van der Waals surface area contributed by atoms with Crippen molar-refractivity contribution in [1.29, 1.82) is 0 Å². The third-order valence-electron chi connectivity index (χ3n) is 15.1. The Morgan fingerprint density at radius 3 is 1.04 bits per heavy atom. The van der Waals surface area contributed by atoms with Crippen molar-refractivity contribution in [2.75, 3.05) is 47.5 Å². The summed E-state index contributed by atoms with van der Waals surface area (Å²) in [5.41, 5.74) is 0. The first kappa shape index (κ1) is 79.5. The van der Waals surface area contributed by atoms with Crippen molar-refractivity contribution in [3.05, 3.63) is 85.1 Å². The third-order valence-corrected chi connectivity index (χ3v) is 15.1. The molecule has 0 heterocycles. The normalized spacial score (nSPS) is 13.2. The van der Waals surface area contributed by atoms with Gasteiger partial charge in [-0.1, -0.05) is 292 Å². The molecule has 0 aromatic heterocycles. The van der Waals surface area contributed by atoms with Crippen LogP contribution in [0.3, 0.4) is 0 Å². The Kier molecular flexibility index (Phi) is 61.7. The zero-order chi connectivity index (χ0) is 60.5.